The van der Waals surface area contributed by atoms with Crippen LogP contribution in [-0.4, -0.2) is 11.8 Å². The minimum Gasteiger partial charge on any atom is -0.326 e. The van der Waals surface area contributed by atoms with Gasteiger partial charge in [0.05, 0.1) is 17.1 Å². The molecule has 120 valence electrons. The second-order valence-electron chi connectivity index (χ2n) is 4.80. The number of anilines is 2. The van der Waals surface area contributed by atoms with Gasteiger partial charge >= 0.3 is 0 Å². The highest BCUT2D eigenvalue weighted by molar-refractivity contribution is 6.34. The summed E-state index contributed by atoms with van der Waals surface area (Å²) < 4.78 is 13.7. The molecule has 0 spiro atoms. The minimum atomic E-state index is -0.550. The number of rotatable bonds is 4. The van der Waals surface area contributed by atoms with E-state index >= 15 is 0 Å². The summed E-state index contributed by atoms with van der Waals surface area (Å²) in [5.74, 6) is -1.27. The topological polar surface area (TPSA) is 58.2 Å². The van der Waals surface area contributed by atoms with Gasteiger partial charge in [-0.1, -0.05) is 29.3 Å². The van der Waals surface area contributed by atoms with E-state index in [-0.39, 0.29) is 22.9 Å². The lowest BCUT2D eigenvalue weighted by Gasteiger charge is -2.11. The fourth-order valence-electron chi connectivity index (χ4n) is 1.96. The second-order valence-corrected chi connectivity index (χ2v) is 5.62. The van der Waals surface area contributed by atoms with Crippen molar-refractivity contribution in [3.05, 3.63) is 57.8 Å². The number of hydrogen-bond donors (Lipinski definition) is 2. The number of carbonyl (C=O) groups is 2. The summed E-state index contributed by atoms with van der Waals surface area (Å²) in [4.78, 5) is 23.1. The Kier molecular flexibility index (Phi) is 5.58. The van der Waals surface area contributed by atoms with Gasteiger partial charge in [0.2, 0.25) is 11.8 Å². The summed E-state index contributed by atoms with van der Waals surface area (Å²) in [5.41, 5.74) is 0.914. The molecule has 0 atom stereocenters. The molecule has 2 amide bonds. The quantitative estimate of drug-likeness (QED) is 0.861. The molecule has 7 heteroatoms. The molecule has 23 heavy (non-hydrogen) atoms. The van der Waals surface area contributed by atoms with Crippen LogP contribution in [0.3, 0.4) is 0 Å². The number of amides is 2. The van der Waals surface area contributed by atoms with Crippen LogP contribution in [0.1, 0.15) is 12.5 Å². The predicted octanol–water partition coefficient (Wildman–Crippen LogP) is 4.27. The summed E-state index contributed by atoms with van der Waals surface area (Å²) in [7, 11) is 0. The summed E-state index contributed by atoms with van der Waals surface area (Å²) in [6.45, 7) is 1.37. The largest absolute Gasteiger partial charge is 0.326 e. The van der Waals surface area contributed by atoms with Gasteiger partial charge in [0, 0.05) is 23.2 Å². The Morgan fingerprint density at radius 3 is 2.48 bits per heavy atom. The normalized spacial score (nSPS) is 10.3. The third kappa shape index (κ3) is 4.68. The van der Waals surface area contributed by atoms with E-state index in [1.54, 1.807) is 12.1 Å². The summed E-state index contributed by atoms with van der Waals surface area (Å²) >= 11 is 11.9. The van der Waals surface area contributed by atoms with Crippen molar-refractivity contribution in [3.8, 4) is 0 Å². The van der Waals surface area contributed by atoms with Gasteiger partial charge in [-0.3, -0.25) is 9.59 Å². The van der Waals surface area contributed by atoms with Gasteiger partial charge in [0.15, 0.2) is 0 Å². The fourth-order valence-corrected chi connectivity index (χ4v) is 2.35. The van der Waals surface area contributed by atoms with Crippen molar-refractivity contribution in [2.75, 3.05) is 10.6 Å². The second kappa shape index (κ2) is 7.44. The molecule has 0 aliphatic rings. The molecule has 0 unspecified atom stereocenters. The van der Waals surface area contributed by atoms with Gasteiger partial charge in [-0.05, 0) is 30.3 Å². The lowest BCUT2D eigenvalue weighted by Crippen LogP contribution is -2.16. The highest BCUT2D eigenvalue weighted by atomic mass is 35.5. The van der Waals surface area contributed by atoms with Crippen LogP contribution >= 0.6 is 23.2 Å². The first kappa shape index (κ1) is 17.2. The predicted molar refractivity (Wildman–Crippen MR) is 89.5 cm³/mol. The van der Waals surface area contributed by atoms with E-state index in [4.69, 9.17) is 23.2 Å². The first-order chi connectivity index (χ1) is 10.9. The molecule has 0 aliphatic heterocycles. The van der Waals surface area contributed by atoms with E-state index in [1.807, 2.05) is 0 Å². The third-order valence-electron chi connectivity index (χ3n) is 2.96. The Hall–Kier alpha value is -2.11. The third-order valence-corrected chi connectivity index (χ3v) is 3.64. The van der Waals surface area contributed by atoms with Crippen molar-refractivity contribution in [1.82, 2.24) is 0 Å². The number of halogens is 3. The van der Waals surface area contributed by atoms with E-state index in [2.05, 4.69) is 10.6 Å². The molecular formula is C16H13Cl2FN2O2. The van der Waals surface area contributed by atoms with E-state index in [0.717, 1.165) is 0 Å². The molecule has 0 saturated carbocycles. The minimum absolute atomic E-state index is 0.112. The standard InChI is InChI=1S/C16H13Cl2FN2O2/c1-9(22)20-10-5-6-13(18)15(7-10)21-16(23)8-11-12(17)3-2-4-14(11)19/h2-7H,8H2,1H3,(H,20,22)(H,21,23). The van der Waals surface area contributed by atoms with Crippen LogP contribution in [-0.2, 0) is 16.0 Å². The molecule has 2 aromatic rings. The summed E-state index contributed by atoms with van der Waals surface area (Å²) in [5, 5.41) is 5.64. The van der Waals surface area contributed by atoms with Crippen molar-refractivity contribution >= 4 is 46.4 Å². The molecular weight excluding hydrogens is 342 g/mol. The Balaban J connectivity index is 2.15. The molecule has 2 aromatic carbocycles. The van der Waals surface area contributed by atoms with Crippen LogP contribution in [0.5, 0.6) is 0 Å². The molecule has 2 N–H and O–H groups in total. The molecule has 2 rings (SSSR count). The first-order valence-electron chi connectivity index (χ1n) is 6.66. The molecule has 0 heterocycles. The monoisotopic (exact) mass is 354 g/mol. The van der Waals surface area contributed by atoms with Gasteiger partial charge in [0.1, 0.15) is 5.82 Å². The van der Waals surface area contributed by atoms with E-state index in [1.165, 1.54) is 31.2 Å². The van der Waals surface area contributed by atoms with Crippen molar-refractivity contribution in [1.29, 1.82) is 0 Å². The molecule has 0 aliphatic carbocycles. The van der Waals surface area contributed by atoms with E-state index in [0.29, 0.717) is 16.4 Å². The van der Waals surface area contributed by atoms with Crippen molar-refractivity contribution in [2.24, 2.45) is 0 Å². The maximum atomic E-state index is 13.7. The maximum Gasteiger partial charge on any atom is 0.229 e. The molecule has 4 nitrogen and oxygen atoms in total. The van der Waals surface area contributed by atoms with Crippen LogP contribution in [0.2, 0.25) is 10.0 Å². The average Bonchev–Trinajstić information content (AvgIpc) is 2.46. The first-order valence-corrected chi connectivity index (χ1v) is 7.42. The Labute approximate surface area is 142 Å². The number of nitrogens with one attached hydrogen (secondary N) is 2. The van der Waals surface area contributed by atoms with Gasteiger partial charge in [-0.15, -0.1) is 0 Å². The Morgan fingerprint density at radius 2 is 1.83 bits per heavy atom. The van der Waals surface area contributed by atoms with Gasteiger partial charge in [-0.25, -0.2) is 4.39 Å². The SMILES string of the molecule is CC(=O)Nc1ccc(Cl)c(NC(=O)Cc2c(F)cccc2Cl)c1. The average molecular weight is 355 g/mol. The van der Waals surface area contributed by atoms with Gasteiger partial charge < -0.3 is 10.6 Å². The number of carbonyl (C=O) groups excluding carboxylic acids is 2. The van der Waals surface area contributed by atoms with E-state index in [9.17, 15) is 14.0 Å². The molecule has 0 aromatic heterocycles. The highest BCUT2D eigenvalue weighted by Crippen LogP contribution is 2.26. The van der Waals surface area contributed by atoms with Crippen LogP contribution in [0.25, 0.3) is 0 Å². The Bertz CT molecular complexity index is 745. The fraction of sp³-hybridized carbons (Fsp3) is 0.125. The van der Waals surface area contributed by atoms with E-state index < -0.39 is 11.7 Å². The molecule has 0 saturated heterocycles. The van der Waals surface area contributed by atoms with Crippen LogP contribution in [0.15, 0.2) is 36.4 Å². The van der Waals surface area contributed by atoms with Gasteiger partial charge in [0.25, 0.3) is 0 Å². The van der Waals surface area contributed by atoms with Crippen molar-refractivity contribution < 1.29 is 14.0 Å². The zero-order valence-corrected chi connectivity index (χ0v) is 13.6. The number of hydrogen-bond acceptors (Lipinski definition) is 2. The highest BCUT2D eigenvalue weighted by Gasteiger charge is 2.13. The van der Waals surface area contributed by atoms with Gasteiger partial charge in [-0.2, -0.15) is 0 Å². The molecule has 0 fully saturated rings. The zero-order chi connectivity index (χ0) is 17.0. The summed E-state index contributed by atoms with van der Waals surface area (Å²) in [6.07, 6.45) is -0.230. The molecule has 0 radical (unpaired) electrons. The lowest BCUT2D eigenvalue weighted by atomic mass is 10.1. The van der Waals surface area contributed by atoms with Crippen LogP contribution in [0.4, 0.5) is 15.8 Å². The van der Waals surface area contributed by atoms with Crippen LogP contribution in [0, 0.1) is 5.82 Å². The Morgan fingerprint density at radius 1 is 1.09 bits per heavy atom. The lowest BCUT2D eigenvalue weighted by molar-refractivity contribution is -0.116. The maximum absolute atomic E-state index is 13.7. The zero-order valence-electron chi connectivity index (χ0n) is 12.1. The van der Waals surface area contributed by atoms with Crippen molar-refractivity contribution in [3.63, 3.8) is 0 Å². The smallest absolute Gasteiger partial charge is 0.229 e. The number of benzene rings is 2. The van der Waals surface area contributed by atoms with Crippen molar-refractivity contribution in [2.45, 2.75) is 13.3 Å². The summed E-state index contributed by atoms with van der Waals surface area (Å²) in [6, 6.07) is 8.87. The van der Waals surface area contributed by atoms with Crippen LogP contribution < -0.4 is 10.6 Å². The molecule has 0 bridgehead atoms.